The van der Waals surface area contributed by atoms with Gasteiger partial charge in [0.2, 0.25) is 15.9 Å². The number of carbonyl (C=O) groups excluding carboxylic acids is 1. The normalized spacial score (nSPS) is 12.1. The van der Waals surface area contributed by atoms with Crippen LogP contribution in [0.1, 0.15) is 5.56 Å². The number of hydrogen-bond donors (Lipinski definition) is 3. The number of carbonyl (C=O) groups is 1. The van der Waals surface area contributed by atoms with Crippen molar-refractivity contribution in [2.24, 2.45) is 5.14 Å². The fraction of sp³-hybridized carbons (Fsp3) is 0.100. The molecule has 0 radical (unpaired) electrons. The maximum absolute atomic E-state index is 13.1. The lowest BCUT2D eigenvalue weighted by molar-refractivity contribution is -0.137. The molecular formula is C20H15F3N6O4S2. The molecule has 1 amide bonds. The van der Waals surface area contributed by atoms with E-state index in [0.717, 1.165) is 23.9 Å². The van der Waals surface area contributed by atoms with Crippen molar-refractivity contribution in [2.75, 3.05) is 11.1 Å². The molecule has 0 fully saturated rings. The predicted octanol–water partition coefficient (Wildman–Crippen LogP) is 2.51. The number of para-hydroxylation sites is 1. The summed E-state index contributed by atoms with van der Waals surface area (Å²) in [4.78, 5) is 31.4. The van der Waals surface area contributed by atoms with Gasteiger partial charge in [0.25, 0.3) is 5.56 Å². The number of nitrogens with two attached hydrogens (primary N) is 1. The van der Waals surface area contributed by atoms with E-state index < -0.39 is 33.2 Å². The molecule has 0 spiro atoms. The second-order valence-electron chi connectivity index (χ2n) is 7.08. The van der Waals surface area contributed by atoms with E-state index >= 15 is 0 Å². The van der Waals surface area contributed by atoms with Crippen molar-refractivity contribution < 1.29 is 26.4 Å². The summed E-state index contributed by atoms with van der Waals surface area (Å²) in [5.74, 6) is -1.07. The van der Waals surface area contributed by atoms with E-state index in [9.17, 15) is 31.2 Å². The first-order valence-corrected chi connectivity index (χ1v) is 12.2. The summed E-state index contributed by atoms with van der Waals surface area (Å²) in [6.45, 7) is 0. The second kappa shape index (κ2) is 9.16. The third kappa shape index (κ3) is 5.36. The SMILES string of the molecule is NS(=O)(=O)c1ccc(-n2ncc3c(=O)[nH]c(SCC(=O)Nc4ccccc4C(F)(F)F)nc32)cc1. The van der Waals surface area contributed by atoms with Crippen molar-refractivity contribution in [3.63, 3.8) is 0 Å². The van der Waals surface area contributed by atoms with E-state index in [1.807, 2.05) is 0 Å². The fourth-order valence-corrected chi connectivity index (χ4v) is 4.26. The minimum absolute atomic E-state index is 0.0321. The van der Waals surface area contributed by atoms with Crippen LogP contribution in [-0.4, -0.2) is 39.8 Å². The number of fused-ring (bicyclic) bond motifs is 1. The zero-order chi connectivity index (χ0) is 25.4. The molecule has 4 aromatic rings. The van der Waals surface area contributed by atoms with Crippen LogP contribution in [0, 0.1) is 0 Å². The molecule has 0 atom stereocenters. The third-order valence-corrected chi connectivity index (χ3v) is 6.48. The summed E-state index contributed by atoms with van der Waals surface area (Å²) in [6.07, 6.45) is -3.37. The number of primary sulfonamides is 1. The number of aromatic nitrogens is 4. The molecule has 2 aromatic heterocycles. The first-order valence-electron chi connectivity index (χ1n) is 9.63. The number of halogens is 3. The van der Waals surface area contributed by atoms with Gasteiger partial charge < -0.3 is 10.3 Å². The molecule has 4 N–H and O–H groups in total. The molecule has 0 aliphatic heterocycles. The Kier molecular flexibility index (Phi) is 6.40. The van der Waals surface area contributed by atoms with Crippen molar-refractivity contribution >= 4 is 44.4 Å². The number of benzene rings is 2. The summed E-state index contributed by atoms with van der Waals surface area (Å²) in [7, 11) is -3.90. The number of thioether (sulfide) groups is 1. The van der Waals surface area contributed by atoms with Crippen LogP contribution in [0.15, 0.2) is 69.6 Å². The summed E-state index contributed by atoms with van der Waals surface area (Å²) in [6, 6.07) is 9.95. The number of nitrogens with zero attached hydrogens (tertiary/aromatic N) is 3. The van der Waals surface area contributed by atoms with Crippen molar-refractivity contribution in [3.8, 4) is 5.69 Å². The zero-order valence-electron chi connectivity index (χ0n) is 17.4. The molecule has 0 aliphatic carbocycles. The number of anilines is 1. The second-order valence-corrected chi connectivity index (χ2v) is 9.61. The molecule has 0 bridgehead atoms. The third-order valence-electron chi connectivity index (χ3n) is 4.67. The summed E-state index contributed by atoms with van der Waals surface area (Å²) in [5.41, 5.74) is -1.40. The first kappa shape index (κ1) is 24.4. The number of nitrogens with one attached hydrogen (secondary N) is 2. The summed E-state index contributed by atoms with van der Waals surface area (Å²) < 4.78 is 63.5. The topological polar surface area (TPSA) is 153 Å². The lowest BCUT2D eigenvalue weighted by Gasteiger charge is -2.13. The van der Waals surface area contributed by atoms with Gasteiger partial charge in [0, 0.05) is 0 Å². The lowest BCUT2D eigenvalue weighted by Crippen LogP contribution is -2.18. The monoisotopic (exact) mass is 524 g/mol. The molecule has 0 saturated carbocycles. The Morgan fingerprint density at radius 1 is 1.14 bits per heavy atom. The van der Waals surface area contributed by atoms with E-state index in [0.29, 0.717) is 5.69 Å². The summed E-state index contributed by atoms with van der Waals surface area (Å²) in [5, 5.41) is 11.6. The molecule has 15 heteroatoms. The standard InChI is InChI=1S/C20H15F3N6O4S2/c21-20(22,23)14-3-1-2-4-15(14)26-16(30)10-34-19-27-17-13(18(31)28-19)9-25-29(17)11-5-7-12(8-6-11)35(24,32)33/h1-9H,10H2,(H,26,30)(H2,24,32,33)(H,27,28,31). The maximum Gasteiger partial charge on any atom is 0.418 e. The number of rotatable bonds is 6. The quantitative estimate of drug-likeness (QED) is 0.259. The Labute approximate surface area is 199 Å². The Hall–Kier alpha value is -3.69. The maximum atomic E-state index is 13.1. The van der Waals surface area contributed by atoms with Gasteiger partial charge >= 0.3 is 6.18 Å². The highest BCUT2D eigenvalue weighted by Crippen LogP contribution is 2.34. The average Bonchev–Trinajstić information content (AvgIpc) is 3.21. The largest absolute Gasteiger partial charge is 0.418 e. The van der Waals surface area contributed by atoms with Crippen LogP contribution in [0.25, 0.3) is 16.7 Å². The lowest BCUT2D eigenvalue weighted by atomic mass is 10.1. The fourth-order valence-electron chi connectivity index (χ4n) is 3.09. The Morgan fingerprint density at radius 2 is 1.83 bits per heavy atom. The van der Waals surface area contributed by atoms with E-state index in [-0.39, 0.29) is 32.5 Å². The molecule has 0 unspecified atom stereocenters. The Morgan fingerprint density at radius 3 is 2.49 bits per heavy atom. The van der Waals surface area contributed by atoms with Crippen molar-refractivity contribution in [2.45, 2.75) is 16.2 Å². The summed E-state index contributed by atoms with van der Waals surface area (Å²) >= 11 is 0.806. The van der Waals surface area contributed by atoms with Gasteiger partial charge in [-0.25, -0.2) is 23.2 Å². The molecule has 2 heterocycles. The van der Waals surface area contributed by atoms with Crippen molar-refractivity contribution in [1.29, 1.82) is 0 Å². The molecule has 35 heavy (non-hydrogen) atoms. The first-order chi connectivity index (χ1) is 16.4. The highest BCUT2D eigenvalue weighted by molar-refractivity contribution is 7.99. The number of sulfonamides is 1. The van der Waals surface area contributed by atoms with E-state index in [4.69, 9.17) is 5.14 Å². The van der Waals surface area contributed by atoms with Gasteiger partial charge in [-0.15, -0.1) is 0 Å². The van der Waals surface area contributed by atoms with Gasteiger partial charge in [-0.2, -0.15) is 18.3 Å². The molecule has 0 aliphatic rings. The van der Waals surface area contributed by atoms with Crippen LogP contribution < -0.4 is 16.0 Å². The average molecular weight is 525 g/mol. The zero-order valence-corrected chi connectivity index (χ0v) is 19.0. The van der Waals surface area contributed by atoms with Gasteiger partial charge in [0.05, 0.1) is 33.8 Å². The molecule has 182 valence electrons. The van der Waals surface area contributed by atoms with Crippen LogP contribution in [0.2, 0.25) is 0 Å². The van der Waals surface area contributed by atoms with Crippen molar-refractivity contribution in [3.05, 3.63) is 70.6 Å². The predicted molar refractivity (Wildman–Crippen MR) is 122 cm³/mol. The van der Waals surface area contributed by atoms with Gasteiger partial charge in [-0.1, -0.05) is 23.9 Å². The Balaban J connectivity index is 1.55. The van der Waals surface area contributed by atoms with Crippen LogP contribution in [0.4, 0.5) is 18.9 Å². The smallest absolute Gasteiger partial charge is 0.325 e. The molecule has 4 rings (SSSR count). The molecular weight excluding hydrogens is 509 g/mol. The van der Waals surface area contributed by atoms with E-state index in [2.05, 4.69) is 20.4 Å². The van der Waals surface area contributed by atoms with Gasteiger partial charge in [0.1, 0.15) is 5.39 Å². The number of H-pyrrole nitrogens is 1. The van der Waals surface area contributed by atoms with Gasteiger partial charge in [-0.3, -0.25) is 9.59 Å². The number of aromatic amines is 1. The molecule has 10 nitrogen and oxygen atoms in total. The number of hydrogen-bond acceptors (Lipinski definition) is 7. The van der Waals surface area contributed by atoms with Crippen LogP contribution in [-0.2, 0) is 21.0 Å². The van der Waals surface area contributed by atoms with Gasteiger partial charge in [0.15, 0.2) is 10.8 Å². The Bertz CT molecular complexity index is 1580. The number of alkyl halides is 3. The highest BCUT2D eigenvalue weighted by Gasteiger charge is 2.33. The molecule has 0 saturated heterocycles. The molecule has 2 aromatic carbocycles. The van der Waals surface area contributed by atoms with Crippen LogP contribution in [0.3, 0.4) is 0 Å². The van der Waals surface area contributed by atoms with Crippen LogP contribution in [0.5, 0.6) is 0 Å². The van der Waals surface area contributed by atoms with E-state index in [1.165, 1.54) is 47.3 Å². The highest BCUT2D eigenvalue weighted by atomic mass is 32.2. The van der Waals surface area contributed by atoms with Gasteiger partial charge in [-0.05, 0) is 36.4 Å². The minimum Gasteiger partial charge on any atom is -0.325 e. The number of amides is 1. The van der Waals surface area contributed by atoms with E-state index in [1.54, 1.807) is 0 Å². The van der Waals surface area contributed by atoms with Crippen LogP contribution >= 0.6 is 11.8 Å². The minimum atomic E-state index is -4.64. The van der Waals surface area contributed by atoms with Crippen molar-refractivity contribution in [1.82, 2.24) is 19.7 Å².